The Kier molecular flexibility index (Phi) is 4.56. The SMILES string of the molecule is CC(c1cccc(Cl)c1)N(C)Cc1nnsc1Cl. The van der Waals surface area contributed by atoms with Crippen LogP contribution in [0.15, 0.2) is 24.3 Å². The summed E-state index contributed by atoms with van der Waals surface area (Å²) < 4.78 is 4.49. The number of halogens is 2. The third kappa shape index (κ3) is 3.20. The number of nitrogens with zero attached hydrogens (tertiary/aromatic N) is 3. The second-order valence-corrected chi connectivity index (χ2v) is 5.93. The van der Waals surface area contributed by atoms with Crippen LogP contribution in [-0.2, 0) is 6.54 Å². The van der Waals surface area contributed by atoms with E-state index in [0.29, 0.717) is 10.9 Å². The molecular weight excluding hydrogens is 289 g/mol. The summed E-state index contributed by atoms with van der Waals surface area (Å²) in [6.07, 6.45) is 0. The van der Waals surface area contributed by atoms with Crippen LogP contribution in [0.25, 0.3) is 0 Å². The lowest BCUT2D eigenvalue weighted by Crippen LogP contribution is -2.22. The van der Waals surface area contributed by atoms with E-state index >= 15 is 0 Å². The molecule has 0 saturated heterocycles. The third-order valence-electron chi connectivity index (χ3n) is 2.90. The monoisotopic (exact) mass is 301 g/mol. The van der Waals surface area contributed by atoms with Crippen LogP contribution < -0.4 is 0 Å². The van der Waals surface area contributed by atoms with Crippen LogP contribution in [0.4, 0.5) is 0 Å². The highest BCUT2D eigenvalue weighted by molar-refractivity contribution is 7.10. The molecule has 2 aromatic rings. The summed E-state index contributed by atoms with van der Waals surface area (Å²) in [6.45, 7) is 2.79. The van der Waals surface area contributed by atoms with Gasteiger partial charge in [0.25, 0.3) is 0 Å². The van der Waals surface area contributed by atoms with Gasteiger partial charge in [-0.25, -0.2) is 0 Å². The van der Waals surface area contributed by atoms with Gasteiger partial charge in [-0.2, -0.15) is 0 Å². The van der Waals surface area contributed by atoms with E-state index in [1.165, 1.54) is 17.1 Å². The predicted octanol–water partition coefficient (Wildman–Crippen LogP) is 4.04. The Bertz CT molecular complexity index is 530. The molecule has 3 nitrogen and oxygen atoms in total. The lowest BCUT2D eigenvalue weighted by atomic mass is 10.1. The highest BCUT2D eigenvalue weighted by Crippen LogP contribution is 2.25. The molecule has 2 rings (SSSR count). The molecule has 1 atom stereocenters. The molecule has 0 aliphatic heterocycles. The van der Waals surface area contributed by atoms with Crippen molar-refractivity contribution in [3.63, 3.8) is 0 Å². The molecule has 0 bridgehead atoms. The number of aromatic nitrogens is 2. The number of rotatable bonds is 4. The minimum atomic E-state index is 0.237. The van der Waals surface area contributed by atoms with Gasteiger partial charge in [0.05, 0.1) is 0 Å². The summed E-state index contributed by atoms with van der Waals surface area (Å²) in [7, 11) is 2.03. The van der Waals surface area contributed by atoms with E-state index in [1.54, 1.807) is 0 Å². The Morgan fingerprint density at radius 2 is 2.17 bits per heavy atom. The fourth-order valence-corrected chi connectivity index (χ4v) is 2.50. The van der Waals surface area contributed by atoms with Gasteiger partial charge in [0, 0.05) is 29.1 Å². The molecule has 0 radical (unpaired) electrons. The molecule has 0 aliphatic carbocycles. The van der Waals surface area contributed by atoms with Gasteiger partial charge in [0.15, 0.2) is 0 Å². The summed E-state index contributed by atoms with van der Waals surface area (Å²) >= 11 is 13.2. The first-order valence-corrected chi connectivity index (χ1v) is 7.03. The third-order valence-corrected chi connectivity index (χ3v) is 4.12. The molecule has 0 saturated carbocycles. The van der Waals surface area contributed by atoms with Crippen LogP contribution in [0, 0.1) is 0 Å². The summed E-state index contributed by atoms with van der Waals surface area (Å²) in [5.41, 5.74) is 1.99. The van der Waals surface area contributed by atoms with Crippen LogP contribution in [0.5, 0.6) is 0 Å². The Morgan fingerprint density at radius 1 is 1.39 bits per heavy atom. The zero-order chi connectivity index (χ0) is 13.1. The zero-order valence-corrected chi connectivity index (χ0v) is 12.4. The fourth-order valence-electron chi connectivity index (χ4n) is 1.69. The van der Waals surface area contributed by atoms with Crippen molar-refractivity contribution in [3.05, 3.63) is 44.9 Å². The summed E-state index contributed by atoms with van der Waals surface area (Å²) in [4.78, 5) is 2.16. The number of hydrogen-bond donors (Lipinski definition) is 0. The first-order chi connectivity index (χ1) is 8.58. The van der Waals surface area contributed by atoms with Gasteiger partial charge in [0.1, 0.15) is 10.0 Å². The average molecular weight is 302 g/mol. The summed E-state index contributed by atoms with van der Waals surface area (Å²) in [5.74, 6) is 0. The van der Waals surface area contributed by atoms with Gasteiger partial charge in [-0.1, -0.05) is 39.8 Å². The van der Waals surface area contributed by atoms with Crippen LogP contribution in [0.2, 0.25) is 9.36 Å². The van der Waals surface area contributed by atoms with E-state index in [-0.39, 0.29) is 6.04 Å². The lowest BCUT2D eigenvalue weighted by Gasteiger charge is -2.24. The van der Waals surface area contributed by atoms with Crippen LogP contribution in [0.3, 0.4) is 0 Å². The van der Waals surface area contributed by atoms with Crippen LogP contribution in [0.1, 0.15) is 24.2 Å². The van der Waals surface area contributed by atoms with Crippen molar-refractivity contribution in [2.45, 2.75) is 19.5 Å². The molecule has 96 valence electrons. The minimum absolute atomic E-state index is 0.237. The highest BCUT2D eigenvalue weighted by Gasteiger charge is 2.15. The molecule has 1 unspecified atom stereocenters. The topological polar surface area (TPSA) is 29.0 Å². The van der Waals surface area contributed by atoms with E-state index in [2.05, 4.69) is 27.5 Å². The maximum Gasteiger partial charge on any atom is 0.138 e. The lowest BCUT2D eigenvalue weighted by molar-refractivity contribution is 0.250. The Morgan fingerprint density at radius 3 is 2.78 bits per heavy atom. The van der Waals surface area contributed by atoms with E-state index < -0.39 is 0 Å². The molecule has 0 amide bonds. The maximum absolute atomic E-state index is 6.01. The van der Waals surface area contributed by atoms with Gasteiger partial charge in [-0.15, -0.1) is 5.10 Å². The smallest absolute Gasteiger partial charge is 0.138 e. The largest absolute Gasteiger partial charge is 0.294 e. The molecule has 0 fully saturated rings. The minimum Gasteiger partial charge on any atom is -0.294 e. The second kappa shape index (κ2) is 5.97. The zero-order valence-electron chi connectivity index (χ0n) is 10.1. The standard InChI is InChI=1S/C12H13Cl2N3S/c1-8(9-4-3-5-10(13)6-9)17(2)7-11-12(14)18-16-15-11/h3-6,8H,7H2,1-2H3. The predicted molar refractivity (Wildman–Crippen MR) is 76.3 cm³/mol. The Hall–Kier alpha value is -0.680. The average Bonchev–Trinajstić information content (AvgIpc) is 2.74. The van der Waals surface area contributed by atoms with Gasteiger partial charge < -0.3 is 0 Å². The first-order valence-electron chi connectivity index (χ1n) is 5.50. The van der Waals surface area contributed by atoms with Gasteiger partial charge in [-0.3, -0.25) is 4.90 Å². The Balaban J connectivity index is 2.09. The maximum atomic E-state index is 6.01. The summed E-state index contributed by atoms with van der Waals surface area (Å²) in [5, 5.41) is 4.77. The van der Waals surface area contributed by atoms with Gasteiger partial charge >= 0.3 is 0 Å². The van der Waals surface area contributed by atoms with Crippen molar-refractivity contribution in [1.29, 1.82) is 0 Å². The van der Waals surface area contributed by atoms with Crippen molar-refractivity contribution in [1.82, 2.24) is 14.5 Å². The van der Waals surface area contributed by atoms with Crippen LogP contribution in [-0.4, -0.2) is 21.5 Å². The van der Waals surface area contributed by atoms with Crippen molar-refractivity contribution >= 4 is 34.7 Å². The molecule has 0 spiro atoms. The van der Waals surface area contributed by atoms with Gasteiger partial charge in [-0.05, 0) is 31.7 Å². The molecule has 0 N–H and O–H groups in total. The van der Waals surface area contributed by atoms with Gasteiger partial charge in [0.2, 0.25) is 0 Å². The van der Waals surface area contributed by atoms with Crippen LogP contribution >= 0.6 is 34.7 Å². The quantitative estimate of drug-likeness (QED) is 0.853. The van der Waals surface area contributed by atoms with Crippen molar-refractivity contribution in [3.8, 4) is 0 Å². The van der Waals surface area contributed by atoms with E-state index in [9.17, 15) is 0 Å². The molecule has 1 aromatic heterocycles. The molecule has 6 heteroatoms. The molecular formula is C12H13Cl2N3S. The number of hydrogen-bond acceptors (Lipinski definition) is 4. The second-order valence-electron chi connectivity index (χ2n) is 4.14. The first kappa shape index (κ1) is 13.7. The van der Waals surface area contributed by atoms with Crippen molar-refractivity contribution in [2.24, 2.45) is 0 Å². The van der Waals surface area contributed by atoms with E-state index in [4.69, 9.17) is 23.2 Å². The molecule has 1 aromatic carbocycles. The highest BCUT2D eigenvalue weighted by atomic mass is 35.5. The van der Waals surface area contributed by atoms with E-state index in [0.717, 1.165) is 10.7 Å². The van der Waals surface area contributed by atoms with Crippen molar-refractivity contribution in [2.75, 3.05) is 7.05 Å². The molecule has 18 heavy (non-hydrogen) atoms. The summed E-state index contributed by atoms with van der Waals surface area (Å²) in [6, 6.07) is 8.11. The Labute approximate surface area is 121 Å². The molecule has 1 heterocycles. The fraction of sp³-hybridized carbons (Fsp3) is 0.333. The normalized spacial score (nSPS) is 12.9. The number of benzene rings is 1. The van der Waals surface area contributed by atoms with E-state index in [1.807, 2.05) is 25.2 Å². The van der Waals surface area contributed by atoms with Crippen molar-refractivity contribution < 1.29 is 0 Å². The molecule has 0 aliphatic rings.